The largest absolute Gasteiger partial charge is 0.470 e. The van der Waals surface area contributed by atoms with Gasteiger partial charge in [0.2, 0.25) is 0 Å². The van der Waals surface area contributed by atoms with Gasteiger partial charge in [0.15, 0.2) is 5.82 Å². The summed E-state index contributed by atoms with van der Waals surface area (Å²) in [5, 5.41) is 10.9. The molecule has 7 heteroatoms. The number of hydrogen-bond donors (Lipinski definition) is 1. The Morgan fingerprint density at radius 3 is 2.83 bits per heavy atom. The lowest BCUT2D eigenvalue weighted by atomic mass is 10.0. The summed E-state index contributed by atoms with van der Waals surface area (Å²) in [4.78, 5) is 18.3. The number of aliphatic hydroxyl groups is 1. The Balaban J connectivity index is 1.31. The zero-order valence-electron chi connectivity index (χ0n) is 17.0. The van der Waals surface area contributed by atoms with Crippen molar-refractivity contribution in [2.75, 3.05) is 36.0 Å². The van der Waals surface area contributed by atoms with E-state index in [0.29, 0.717) is 5.88 Å². The summed E-state index contributed by atoms with van der Waals surface area (Å²) in [6.07, 6.45) is 7.52. The van der Waals surface area contributed by atoms with Crippen LogP contribution in [0.2, 0.25) is 0 Å². The summed E-state index contributed by atoms with van der Waals surface area (Å²) < 4.78 is 6.33. The Labute approximate surface area is 176 Å². The van der Waals surface area contributed by atoms with Gasteiger partial charge < -0.3 is 19.6 Å². The number of pyridine rings is 1. The molecule has 2 aromatic heterocycles. The minimum Gasteiger partial charge on any atom is -0.470 e. The van der Waals surface area contributed by atoms with Crippen LogP contribution in [-0.2, 0) is 0 Å². The first kappa shape index (κ1) is 19.1. The molecule has 2 aliphatic rings. The van der Waals surface area contributed by atoms with Gasteiger partial charge in [-0.2, -0.15) is 0 Å². The summed E-state index contributed by atoms with van der Waals surface area (Å²) in [6.45, 7) is 2.66. The number of rotatable bonds is 5. The molecule has 2 atom stereocenters. The van der Waals surface area contributed by atoms with Gasteiger partial charge in [-0.05, 0) is 37.5 Å². The normalized spacial score (nSPS) is 21.9. The van der Waals surface area contributed by atoms with Gasteiger partial charge in [-0.3, -0.25) is 0 Å². The van der Waals surface area contributed by atoms with E-state index >= 15 is 0 Å². The lowest BCUT2D eigenvalue weighted by Gasteiger charge is -2.36. The number of nitrogens with zero attached hydrogens (tertiary/aromatic N) is 5. The van der Waals surface area contributed by atoms with Crippen LogP contribution in [0.3, 0.4) is 0 Å². The van der Waals surface area contributed by atoms with Crippen LogP contribution in [0.5, 0.6) is 5.88 Å². The van der Waals surface area contributed by atoms with E-state index in [1.54, 1.807) is 12.4 Å². The molecule has 3 aromatic rings. The van der Waals surface area contributed by atoms with Crippen LogP contribution in [0.1, 0.15) is 25.7 Å². The predicted octanol–water partition coefficient (Wildman–Crippen LogP) is 3.03. The second kappa shape index (κ2) is 8.44. The highest BCUT2D eigenvalue weighted by atomic mass is 16.5. The van der Waals surface area contributed by atoms with Crippen molar-refractivity contribution in [2.45, 2.75) is 37.8 Å². The van der Waals surface area contributed by atoms with Crippen LogP contribution in [0.25, 0.3) is 10.9 Å². The molecule has 2 saturated heterocycles. The van der Waals surface area contributed by atoms with Crippen LogP contribution in [-0.4, -0.2) is 58.4 Å². The summed E-state index contributed by atoms with van der Waals surface area (Å²) in [7, 11) is 0. The lowest BCUT2D eigenvalue weighted by molar-refractivity contribution is 0.210. The second-order valence-corrected chi connectivity index (χ2v) is 8.05. The van der Waals surface area contributed by atoms with Crippen molar-refractivity contribution in [3.8, 4) is 5.88 Å². The summed E-state index contributed by atoms with van der Waals surface area (Å²) in [5.41, 5.74) is 1.01. The molecule has 0 saturated carbocycles. The second-order valence-electron chi connectivity index (χ2n) is 8.05. The molecule has 7 nitrogen and oxygen atoms in total. The monoisotopic (exact) mass is 405 g/mol. The maximum absolute atomic E-state index is 9.79. The van der Waals surface area contributed by atoms with Gasteiger partial charge in [0.25, 0.3) is 5.88 Å². The predicted molar refractivity (Wildman–Crippen MR) is 117 cm³/mol. The quantitative estimate of drug-likeness (QED) is 0.699. The minimum atomic E-state index is 0.0334. The third-order valence-electron chi connectivity index (χ3n) is 6.09. The molecule has 0 bridgehead atoms. The number of aromatic nitrogens is 3. The van der Waals surface area contributed by atoms with E-state index in [4.69, 9.17) is 9.72 Å². The molecular weight excluding hydrogens is 378 g/mol. The third-order valence-corrected chi connectivity index (χ3v) is 6.09. The van der Waals surface area contributed by atoms with Crippen LogP contribution >= 0.6 is 0 Å². The van der Waals surface area contributed by atoms with Crippen LogP contribution in [0.4, 0.5) is 11.6 Å². The van der Waals surface area contributed by atoms with E-state index in [0.717, 1.165) is 67.9 Å². The minimum absolute atomic E-state index is 0.0334. The van der Waals surface area contributed by atoms with Crippen molar-refractivity contribution in [1.29, 1.82) is 0 Å². The number of hydrogen-bond acceptors (Lipinski definition) is 7. The summed E-state index contributed by atoms with van der Waals surface area (Å²) >= 11 is 0. The highest BCUT2D eigenvalue weighted by Crippen LogP contribution is 2.31. The van der Waals surface area contributed by atoms with Crippen molar-refractivity contribution in [3.63, 3.8) is 0 Å². The number of anilines is 2. The topological polar surface area (TPSA) is 74.6 Å². The molecule has 2 aliphatic heterocycles. The Morgan fingerprint density at radius 2 is 1.90 bits per heavy atom. The first-order valence-corrected chi connectivity index (χ1v) is 10.8. The van der Waals surface area contributed by atoms with Gasteiger partial charge >= 0.3 is 0 Å². The fraction of sp³-hybridized carbons (Fsp3) is 0.435. The standard InChI is InChI=1S/C23H27N5O2/c29-16-18-6-3-4-13-28(18)22-23(25-12-11-24-22)30-19-10-14-27(15-19)21-9-8-17-5-1-2-7-20(17)26-21/h1-2,5,7-9,11-12,18-19,29H,3-4,6,10,13-16H2/t18-,19?/m1/s1. The van der Waals surface area contributed by atoms with E-state index in [1.165, 1.54) is 0 Å². The van der Waals surface area contributed by atoms with Crippen molar-refractivity contribution >= 4 is 22.5 Å². The summed E-state index contributed by atoms with van der Waals surface area (Å²) in [6, 6.07) is 12.5. The van der Waals surface area contributed by atoms with Crippen molar-refractivity contribution in [1.82, 2.24) is 15.0 Å². The van der Waals surface area contributed by atoms with Crippen LogP contribution < -0.4 is 14.5 Å². The van der Waals surface area contributed by atoms with E-state index in [1.807, 2.05) is 18.2 Å². The maximum Gasteiger partial charge on any atom is 0.257 e. The molecule has 1 unspecified atom stereocenters. The molecule has 0 aliphatic carbocycles. The van der Waals surface area contributed by atoms with Gasteiger partial charge in [-0.1, -0.05) is 18.2 Å². The zero-order valence-corrected chi connectivity index (χ0v) is 17.0. The Morgan fingerprint density at radius 1 is 1.00 bits per heavy atom. The molecule has 5 rings (SSSR count). The molecule has 0 spiro atoms. The van der Waals surface area contributed by atoms with Crippen LogP contribution in [0, 0.1) is 0 Å². The molecule has 0 radical (unpaired) electrons. The summed E-state index contributed by atoms with van der Waals surface area (Å²) in [5.74, 6) is 2.30. The first-order valence-electron chi connectivity index (χ1n) is 10.8. The first-order chi connectivity index (χ1) is 14.8. The van der Waals surface area contributed by atoms with E-state index in [2.05, 4.69) is 38.0 Å². The molecule has 2 fully saturated rings. The molecule has 1 aromatic carbocycles. The molecule has 1 N–H and O–H groups in total. The molecule has 30 heavy (non-hydrogen) atoms. The van der Waals surface area contributed by atoms with Crippen LogP contribution in [0.15, 0.2) is 48.8 Å². The fourth-order valence-electron chi connectivity index (χ4n) is 4.49. The number of piperidine rings is 1. The third kappa shape index (κ3) is 3.77. The molecule has 4 heterocycles. The van der Waals surface area contributed by atoms with Crippen molar-refractivity contribution < 1.29 is 9.84 Å². The SMILES string of the molecule is OC[C@H]1CCCCN1c1nccnc1OC1CCN(c2ccc3ccccc3n2)C1. The number of aliphatic hydroxyl groups excluding tert-OH is 1. The van der Waals surface area contributed by atoms with Gasteiger partial charge in [0, 0.05) is 37.3 Å². The number of benzene rings is 1. The van der Waals surface area contributed by atoms with Gasteiger partial charge in [0.05, 0.1) is 24.7 Å². The lowest BCUT2D eigenvalue weighted by Crippen LogP contribution is -2.42. The smallest absolute Gasteiger partial charge is 0.257 e. The highest BCUT2D eigenvalue weighted by molar-refractivity contribution is 5.80. The highest BCUT2D eigenvalue weighted by Gasteiger charge is 2.30. The number of para-hydroxylation sites is 1. The van der Waals surface area contributed by atoms with Crippen molar-refractivity contribution in [3.05, 3.63) is 48.8 Å². The fourth-order valence-corrected chi connectivity index (χ4v) is 4.49. The van der Waals surface area contributed by atoms with Gasteiger partial charge in [0.1, 0.15) is 11.9 Å². The maximum atomic E-state index is 9.79. The average molecular weight is 406 g/mol. The van der Waals surface area contributed by atoms with Crippen molar-refractivity contribution in [2.24, 2.45) is 0 Å². The van der Waals surface area contributed by atoms with E-state index < -0.39 is 0 Å². The van der Waals surface area contributed by atoms with E-state index in [-0.39, 0.29) is 18.8 Å². The zero-order chi connectivity index (χ0) is 20.3. The number of fused-ring (bicyclic) bond motifs is 1. The molecule has 0 amide bonds. The van der Waals surface area contributed by atoms with Gasteiger partial charge in [-0.15, -0.1) is 0 Å². The number of ether oxygens (including phenoxy) is 1. The van der Waals surface area contributed by atoms with E-state index in [9.17, 15) is 5.11 Å². The Hall–Kier alpha value is -2.93. The Bertz CT molecular complexity index is 1010. The average Bonchev–Trinajstić information content (AvgIpc) is 3.27. The van der Waals surface area contributed by atoms with Gasteiger partial charge in [-0.25, -0.2) is 15.0 Å². The molecule has 156 valence electrons. The Kier molecular flexibility index (Phi) is 5.36. The molecular formula is C23H27N5O2.